The third-order valence-corrected chi connectivity index (χ3v) is 3.03. The minimum atomic E-state index is -0.585. The van der Waals surface area contributed by atoms with Crippen molar-refractivity contribution < 1.29 is 8.78 Å². The first-order valence-electron chi connectivity index (χ1n) is 6.20. The molecule has 1 aromatic carbocycles. The lowest BCUT2D eigenvalue weighted by molar-refractivity contribution is 0.569. The zero-order chi connectivity index (χ0) is 14.0. The number of aryl methyl sites for hydroxylation is 1. The van der Waals surface area contributed by atoms with Gasteiger partial charge in [-0.2, -0.15) is 0 Å². The van der Waals surface area contributed by atoms with E-state index in [0.717, 1.165) is 5.69 Å². The Labute approximate surface area is 111 Å². The van der Waals surface area contributed by atoms with Crippen molar-refractivity contribution in [2.75, 3.05) is 5.32 Å². The van der Waals surface area contributed by atoms with E-state index in [-0.39, 0.29) is 11.7 Å². The van der Waals surface area contributed by atoms with E-state index in [0.29, 0.717) is 12.1 Å². The molecule has 0 aliphatic carbocycles. The van der Waals surface area contributed by atoms with Gasteiger partial charge < -0.3 is 9.88 Å². The quantitative estimate of drug-likeness (QED) is 0.914. The first kappa shape index (κ1) is 13.5. The molecule has 102 valence electrons. The van der Waals surface area contributed by atoms with Gasteiger partial charge in [0.2, 0.25) is 0 Å². The first-order chi connectivity index (χ1) is 9.00. The number of nitrogens with one attached hydrogen (secondary N) is 1. The van der Waals surface area contributed by atoms with E-state index in [2.05, 4.69) is 10.3 Å². The number of aromatic nitrogens is 2. The third kappa shape index (κ3) is 2.75. The first-order valence-corrected chi connectivity index (χ1v) is 6.20. The fourth-order valence-electron chi connectivity index (χ4n) is 1.93. The normalized spacial score (nSPS) is 11.1. The second kappa shape index (κ2) is 5.38. The van der Waals surface area contributed by atoms with Crippen LogP contribution in [0.4, 0.5) is 14.5 Å². The van der Waals surface area contributed by atoms with Crippen LogP contribution in [0.25, 0.3) is 0 Å². The van der Waals surface area contributed by atoms with Crippen molar-refractivity contribution in [2.45, 2.75) is 33.4 Å². The lowest BCUT2D eigenvalue weighted by Gasteiger charge is -2.14. The maximum atomic E-state index is 13.8. The van der Waals surface area contributed by atoms with Crippen LogP contribution < -0.4 is 5.32 Å². The van der Waals surface area contributed by atoms with Gasteiger partial charge in [0, 0.05) is 12.2 Å². The molecular weight excluding hydrogens is 248 g/mol. The predicted molar refractivity (Wildman–Crippen MR) is 71.0 cm³/mol. The van der Waals surface area contributed by atoms with E-state index in [9.17, 15) is 8.78 Å². The molecule has 0 bridgehead atoms. The maximum absolute atomic E-state index is 13.8. The van der Waals surface area contributed by atoms with Gasteiger partial charge in [0.1, 0.15) is 11.5 Å². The van der Waals surface area contributed by atoms with Crippen molar-refractivity contribution >= 4 is 5.69 Å². The Morgan fingerprint density at radius 3 is 2.74 bits per heavy atom. The Morgan fingerprint density at radius 2 is 2.05 bits per heavy atom. The van der Waals surface area contributed by atoms with E-state index in [1.807, 2.05) is 18.4 Å². The summed E-state index contributed by atoms with van der Waals surface area (Å²) in [6.07, 6.45) is 3.41. The molecule has 1 heterocycles. The van der Waals surface area contributed by atoms with Crippen LogP contribution in [0.2, 0.25) is 0 Å². The second-order valence-electron chi connectivity index (χ2n) is 4.79. The maximum Gasteiger partial charge on any atom is 0.152 e. The minimum Gasteiger partial charge on any atom is -0.375 e. The molecule has 0 aliphatic heterocycles. The van der Waals surface area contributed by atoms with E-state index in [4.69, 9.17) is 0 Å². The molecule has 2 rings (SSSR count). The lowest BCUT2D eigenvalue weighted by atomic mass is 10.2. The van der Waals surface area contributed by atoms with Crippen molar-refractivity contribution in [2.24, 2.45) is 0 Å². The summed E-state index contributed by atoms with van der Waals surface area (Å²) in [5, 5.41) is 2.81. The minimum absolute atomic E-state index is 0.0866. The predicted octanol–water partition coefficient (Wildman–Crippen LogP) is 3.66. The number of anilines is 1. The van der Waals surface area contributed by atoms with Crippen LogP contribution in [-0.2, 0) is 6.54 Å². The Hall–Kier alpha value is -1.91. The standard InChI is InChI=1S/C14H17F2N3/c1-9(2)19-8-17-6-11(19)7-18-14-12(15)5-4-10(3)13(14)16/h4-6,8-9,18H,7H2,1-3H3. The van der Waals surface area contributed by atoms with Gasteiger partial charge in [-0.15, -0.1) is 0 Å². The summed E-state index contributed by atoms with van der Waals surface area (Å²) in [6, 6.07) is 2.95. The van der Waals surface area contributed by atoms with Gasteiger partial charge in [-0.05, 0) is 32.4 Å². The summed E-state index contributed by atoms with van der Waals surface area (Å²) in [4.78, 5) is 4.05. The zero-order valence-corrected chi connectivity index (χ0v) is 11.2. The number of nitrogens with zero attached hydrogens (tertiary/aromatic N) is 2. The molecule has 0 saturated heterocycles. The van der Waals surface area contributed by atoms with E-state index >= 15 is 0 Å². The van der Waals surface area contributed by atoms with Crippen LogP contribution in [-0.4, -0.2) is 9.55 Å². The zero-order valence-electron chi connectivity index (χ0n) is 11.2. The molecule has 0 fully saturated rings. The molecule has 0 radical (unpaired) electrons. The van der Waals surface area contributed by atoms with Gasteiger partial charge in [0.25, 0.3) is 0 Å². The van der Waals surface area contributed by atoms with Gasteiger partial charge in [0.15, 0.2) is 5.82 Å². The molecule has 2 aromatic rings. The van der Waals surface area contributed by atoms with Crippen molar-refractivity contribution in [3.8, 4) is 0 Å². The van der Waals surface area contributed by atoms with Gasteiger partial charge in [-0.25, -0.2) is 13.8 Å². The van der Waals surface area contributed by atoms with Crippen LogP contribution in [0.15, 0.2) is 24.7 Å². The molecule has 0 spiro atoms. The van der Waals surface area contributed by atoms with Crippen LogP contribution in [0.1, 0.15) is 31.1 Å². The van der Waals surface area contributed by atoms with Crippen molar-refractivity contribution in [1.82, 2.24) is 9.55 Å². The Bertz CT molecular complexity index is 576. The highest BCUT2D eigenvalue weighted by Crippen LogP contribution is 2.22. The number of hydrogen-bond acceptors (Lipinski definition) is 2. The third-order valence-electron chi connectivity index (χ3n) is 3.03. The molecule has 5 heteroatoms. The number of halogens is 2. The molecule has 0 saturated carbocycles. The van der Waals surface area contributed by atoms with E-state index in [1.165, 1.54) is 12.1 Å². The number of benzene rings is 1. The largest absolute Gasteiger partial charge is 0.375 e. The van der Waals surface area contributed by atoms with Gasteiger partial charge in [-0.3, -0.25) is 0 Å². The Kier molecular flexibility index (Phi) is 3.83. The van der Waals surface area contributed by atoms with Crippen LogP contribution in [0.5, 0.6) is 0 Å². The number of imidazole rings is 1. The summed E-state index contributed by atoms with van der Waals surface area (Å²) in [5.74, 6) is -1.13. The van der Waals surface area contributed by atoms with Crippen LogP contribution >= 0.6 is 0 Å². The van der Waals surface area contributed by atoms with Crippen LogP contribution in [0, 0.1) is 18.6 Å². The highest BCUT2D eigenvalue weighted by Gasteiger charge is 2.12. The molecule has 0 aliphatic rings. The molecule has 0 unspecified atom stereocenters. The van der Waals surface area contributed by atoms with Crippen molar-refractivity contribution in [1.29, 1.82) is 0 Å². The van der Waals surface area contributed by atoms with Crippen molar-refractivity contribution in [3.05, 3.63) is 47.5 Å². The Balaban J connectivity index is 2.19. The summed E-state index contributed by atoms with van der Waals surface area (Å²) < 4.78 is 29.4. The fourth-order valence-corrected chi connectivity index (χ4v) is 1.93. The smallest absolute Gasteiger partial charge is 0.152 e. The summed E-state index contributed by atoms with van der Waals surface area (Å²) in [6.45, 7) is 5.99. The molecule has 19 heavy (non-hydrogen) atoms. The molecule has 0 atom stereocenters. The van der Waals surface area contributed by atoms with E-state index in [1.54, 1.807) is 19.4 Å². The van der Waals surface area contributed by atoms with Crippen molar-refractivity contribution in [3.63, 3.8) is 0 Å². The summed E-state index contributed by atoms with van der Waals surface area (Å²) in [7, 11) is 0. The number of rotatable bonds is 4. The second-order valence-corrected chi connectivity index (χ2v) is 4.79. The highest BCUT2D eigenvalue weighted by molar-refractivity contribution is 5.49. The van der Waals surface area contributed by atoms with Gasteiger partial charge in [-0.1, -0.05) is 6.07 Å². The molecule has 1 aromatic heterocycles. The van der Waals surface area contributed by atoms with Gasteiger partial charge in [0.05, 0.1) is 18.6 Å². The number of hydrogen-bond donors (Lipinski definition) is 1. The molecule has 0 amide bonds. The average Bonchev–Trinajstić information content (AvgIpc) is 2.82. The monoisotopic (exact) mass is 265 g/mol. The summed E-state index contributed by atoms with van der Waals surface area (Å²) >= 11 is 0. The topological polar surface area (TPSA) is 29.9 Å². The molecule has 3 nitrogen and oxygen atoms in total. The Morgan fingerprint density at radius 1 is 1.32 bits per heavy atom. The molecular formula is C14H17F2N3. The summed E-state index contributed by atoms with van der Waals surface area (Å²) in [5.41, 5.74) is 1.22. The average molecular weight is 265 g/mol. The molecule has 1 N–H and O–H groups in total. The lowest BCUT2D eigenvalue weighted by Crippen LogP contribution is -2.10. The highest BCUT2D eigenvalue weighted by atomic mass is 19.1. The van der Waals surface area contributed by atoms with Crippen LogP contribution in [0.3, 0.4) is 0 Å². The van der Waals surface area contributed by atoms with E-state index < -0.39 is 11.6 Å². The fraction of sp³-hybridized carbons (Fsp3) is 0.357. The SMILES string of the molecule is Cc1ccc(F)c(NCc2cncn2C(C)C)c1F. The van der Waals surface area contributed by atoms with Gasteiger partial charge >= 0.3 is 0 Å².